The highest BCUT2D eigenvalue weighted by Gasteiger charge is 2.23. The van der Waals surface area contributed by atoms with Gasteiger partial charge >= 0.3 is 0 Å². The molecule has 22 heavy (non-hydrogen) atoms. The molecule has 2 aromatic carbocycles. The first-order valence-electron chi connectivity index (χ1n) is 7.34. The minimum Gasteiger partial charge on any atom is -0.497 e. The first kappa shape index (κ1) is 13.0. The lowest BCUT2D eigenvalue weighted by molar-refractivity contribution is 0.414. The summed E-state index contributed by atoms with van der Waals surface area (Å²) in [5, 5.41) is 8.23. The van der Waals surface area contributed by atoms with Crippen LogP contribution in [0.2, 0.25) is 0 Å². The summed E-state index contributed by atoms with van der Waals surface area (Å²) in [4.78, 5) is 0. The first-order chi connectivity index (χ1) is 10.8. The lowest BCUT2D eigenvalue weighted by Gasteiger charge is -2.20. The zero-order valence-corrected chi connectivity index (χ0v) is 12.6. The third-order valence-corrected chi connectivity index (χ3v) is 4.12. The molecule has 0 saturated carbocycles. The largest absolute Gasteiger partial charge is 0.497 e. The summed E-state index contributed by atoms with van der Waals surface area (Å²) in [5.74, 6) is 0.835. The highest BCUT2D eigenvalue weighted by atomic mass is 16.5. The molecule has 0 saturated heterocycles. The Morgan fingerprint density at radius 3 is 2.86 bits per heavy atom. The van der Waals surface area contributed by atoms with Gasteiger partial charge in [-0.05, 0) is 25.1 Å². The number of para-hydroxylation sites is 1. The summed E-state index contributed by atoms with van der Waals surface area (Å²) < 4.78 is 7.36. The summed E-state index contributed by atoms with van der Waals surface area (Å²) in [6.45, 7) is 2.87. The van der Waals surface area contributed by atoms with Gasteiger partial charge in [0.15, 0.2) is 0 Å². The Morgan fingerprint density at radius 2 is 2.00 bits per heavy atom. The maximum Gasteiger partial charge on any atom is 0.121 e. The van der Waals surface area contributed by atoms with E-state index in [1.165, 1.54) is 16.8 Å². The van der Waals surface area contributed by atoms with E-state index < -0.39 is 0 Å². The van der Waals surface area contributed by atoms with Crippen LogP contribution in [-0.2, 0) is 6.54 Å². The first-order valence-corrected chi connectivity index (χ1v) is 7.34. The molecule has 1 aliphatic heterocycles. The van der Waals surface area contributed by atoms with Crippen LogP contribution in [0.4, 0.5) is 5.69 Å². The highest BCUT2D eigenvalue weighted by molar-refractivity contribution is 5.82. The summed E-state index contributed by atoms with van der Waals surface area (Å²) in [6, 6.07) is 16.4. The SMILES string of the molecule is COc1cccc(-n2nc(C)c3c2-c2ccccc2NC3)c1. The van der Waals surface area contributed by atoms with Crippen molar-refractivity contribution in [2.75, 3.05) is 12.4 Å². The number of nitrogens with one attached hydrogen (secondary N) is 1. The van der Waals surface area contributed by atoms with Crippen LogP contribution in [0.5, 0.6) is 5.75 Å². The Hall–Kier alpha value is -2.75. The number of methoxy groups -OCH3 is 1. The highest BCUT2D eigenvalue weighted by Crippen LogP contribution is 2.38. The number of rotatable bonds is 2. The monoisotopic (exact) mass is 291 g/mol. The van der Waals surface area contributed by atoms with Crippen LogP contribution < -0.4 is 10.1 Å². The predicted molar refractivity (Wildman–Crippen MR) is 87.6 cm³/mol. The standard InChI is InChI=1S/C18H17N3O/c1-12-16-11-19-17-9-4-3-8-15(17)18(16)21(20-12)13-6-5-7-14(10-13)22-2/h3-10,19H,11H2,1-2H3. The molecule has 0 amide bonds. The second-order valence-corrected chi connectivity index (χ2v) is 5.42. The van der Waals surface area contributed by atoms with Crippen molar-refractivity contribution in [2.45, 2.75) is 13.5 Å². The van der Waals surface area contributed by atoms with E-state index in [4.69, 9.17) is 9.84 Å². The zero-order valence-electron chi connectivity index (χ0n) is 12.6. The van der Waals surface area contributed by atoms with Gasteiger partial charge in [0, 0.05) is 29.4 Å². The van der Waals surface area contributed by atoms with E-state index in [0.29, 0.717) is 0 Å². The lowest BCUT2D eigenvalue weighted by atomic mass is 10.00. The van der Waals surface area contributed by atoms with E-state index in [1.54, 1.807) is 7.11 Å². The van der Waals surface area contributed by atoms with Gasteiger partial charge in [0.05, 0.1) is 24.2 Å². The van der Waals surface area contributed by atoms with Crippen LogP contribution in [0.25, 0.3) is 16.9 Å². The van der Waals surface area contributed by atoms with Gasteiger partial charge in [-0.2, -0.15) is 5.10 Å². The van der Waals surface area contributed by atoms with Gasteiger partial charge in [0.1, 0.15) is 5.75 Å². The number of aryl methyl sites for hydroxylation is 1. The van der Waals surface area contributed by atoms with Crippen molar-refractivity contribution in [3.05, 3.63) is 59.8 Å². The molecule has 1 aromatic heterocycles. The molecule has 4 nitrogen and oxygen atoms in total. The molecule has 0 fully saturated rings. The fourth-order valence-electron chi connectivity index (χ4n) is 3.00. The molecule has 0 bridgehead atoms. The molecule has 2 heterocycles. The van der Waals surface area contributed by atoms with Gasteiger partial charge in [0.25, 0.3) is 0 Å². The molecule has 1 aliphatic rings. The van der Waals surface area contributed by atoms with E-state index in [2.05, 4.69) is 42.6 Å². The van der Waals surface area contributed by atoms with Crippen molar-refractivity contribution < 1.29 is 4.74 Å². The van der Waals surface area contributed by atoms with Crippen molar-refractivity contribution >= 4 is 5.69 Å². The second-order valence-electron chi connectivity index (χ2n) is 5.42. The quantitative estimate of drug-likeness (QED) is 0.781. The number of ether oxygens (including phenoxy) is 1. The Morgan fingerprint density at radius 1 is 1.14 bits per heavy atom. The molecule has 110 valence electrons. The third kappa shape index (κ3) is 1.88. The number of benzene rings is 2. The van der Waals surface area contributed by atoms with Crippen LogP contribution in [-0.4, -0.2) is 16.9 Å². The zero-order chi connectivity index (χ0) is 15.1. The van der Waals surface area contributed by atoms with E-state index in [0.717, 1.165) is 29.4 Å². The molecule has 0 atom stereocenters. The van der Waals surface area contributed by atoms with Crippen LogP contribution >= 0.6 is 0 Å². The van der Waals surface area contributed by atoms with Crippen LogP contribution in [0.3, 0.4) is 0 Å². The van der Waals surface area contributed by atoms with Crippen molar-refractivity contribution in [1.82, 2.24) is 9.78 Å². The molecule has 0 radical (unpaired) electrons. The Labute approximate surface area is 129 Å². The average molecular weight is 291 g/mol. The van der Waals surface area contributed by atoms with Crippen LogP contribution in [0.1, 0.15) is 11.3 Å². The normalized spacial score (nSPS) is 12.3. The summed E-state index contributed by atoms with van der Waals surface area (Å²) in [7, 11) is 1.68. The number of aromatic nitrogens is 2. The molecule has 4 rings (SSSR count). The third-order valence-electron chi connectivity index (χ3n) is 4.12. The molecule has 4 heteroatoms. The van der Waals surface area contributed by atoms with E-state index in [1.807, 2.05) is 22.9 Å². The van der Waals surface area contributed by atoms with Gasteiger partial charge in [-0.3, -0.25) is 0 Å². The van der Waals surface area contributed by atoms with Gasteiger partial charge in [-0.15, -0.1) is 0 Å². The molecule has 0 spiro atoms. The van der Waals surface area contributed by atoms with Gasteiger partial charge in [-0.25, -0.2) is 4.68 Å². The maximum absolute atomic E-state index is 5.34. The van der Waals surface area contributed by atoms with Crippen molar-refractivity contribution in [3.8, 4) is 22.7 Å². The molecule has 3 aromatic rings. The fourth-order valence-corrected chi connectivity index (χ4v) is 3.00. The minimum absolute atomic E-state index is 0.808. The van der Waals surface area contributed by atoms with Crippen molar-refractivity contribution in [3.63, 3.8) is 0 Å². The fraction of sp³-hybridized carbons (Fsp3) is 0.167. The lowest BCUT2D eigenvalue weighted by Crippen LogP contribution is -2.10. The molecular weight excluding hydrogens is 274 g/mol. The molecule has 0 aliphatic carbocycles. The number of fused-ring (bicyclic) bond motifs is 3. The molecular formula is C18H17N3O. The van der Waals surface area contributed by atoms with Crippen molar-refractivity contribution in [2.24, 2.45) is 0 Å². The van der Waals surface area contributed by atoms with Crippen LogP contribution in [0.15, 0.2) is 48.5 Å². The molecule has 0 unspecified atom stereocenters. The van der Waals surface area contributed by atoms with Gasteiger partial charge in [-0.1, -0.05) is 24.3 Å². The van der Waals surface area contributed by atoms with Gasteiger partial charge < -0.3 is 10.1 Å². The van der Waals surface area contributed by atoms with Crippen molar-refractivity contribution in [1.29, 1.82) is 0 Å². The number of anilines is 1. The number of nitrogens with zero attached hydrogens (tertiary/aromatic N) is 2. The van der Waals surface area contributed by atoms with Crippen LogP contribution in [0, 0.1) is 6.92 Å². The number of hydrogen-bond donors (Lipinski definition) is 1. The minimum atomic E-state index is 0.808. The maximum atomic E-state index is 5.34. The average Bonchev–Trinajstić information content (AvgIpc) is 2.92. The van der Waals surface area contributed by atoms with E-state index in [9.17, 15) is 0 Å². The topological polar surface area (TPSA) is 39.1 Å². The summed E-state index contributed by atoms with van der Waals surface area (Å²) in [6.07, 6.45) is 0. The van der Waals surface area contributed by atoms with E-state index in [-0.39, 0.29) is 0 Å². The van der Waals surface area contributed by atoms with E-state index >= 15 is 0 Å². The molecule has 1 N–H and O–H groups in total. The predicted octanol–water partition coefficient (Wildman–Crippen LogP) is 3.78. The summed E-state index contributed by atoms with van der Waals surface area (Å²) >= 11 is 0. The summed E-state index contributed by atoms with van der Waals surface area (Å²) in [5.41, 5.74) is 6.83. The van der Waals surface area contributed by atoms with Gasteiger partial charge in [0.2, 0.25) is 0 Å². The Bertz CT molecular complexity index is 851. The number of hydrogen-bond acceptors (Lipinski definition) is 3. The smallest absolute Gasteiger partial charge is 0.121 e. The second kappa shape index (κ2) is 4.91. The Balaban J connectivity index is 1.97. The Kier molecular flexibility index (Phi) is 2.89.